The molecule has 0 saturated carbocycles. The highest BCUT2D eigenvalue weighted by atomic mass is 16.6. The molecule has 3 N–H and O–H groups in total. The summed E-state index contributed by atoms with van der Waals surface area (Å²) in [5.41, 5.74) is 4.55. The van der Waals surface area contributed by atoms with Gasteiger partial charge in [0.15, 0.2) is 0 Å². The fourth-order valence-electron chi connectivity index (χ4n) is 2.41. The topological polar surface area (TPSA) is 93.9 Å². The number of carbonyl (C=O) groups is 2. The summed E-state index contributed by atoms with van der Waals surface area (Å²) in [5, 5.41) is 2.89. The molecular weight excluding hydrogens is 274 g/mol. The van der Waals surface area contributed by atoms with Gasteiger partial charge in [-0.3, -0.25) is 0 Å². The number of nitrogens with two attached hydrogens (primary N) is 1. The first kappa shape index (κ1) is 17.6. The van der Waals surface area contributed by atoms with E-state index >= 15 is 0 Å². The molecule has 0 radical (unpaired) electrons. The molecule has 1 aliphatic rings. The molecule has 0 aromatic heterocycles. The second-order valence-electron chi connectivity index (χ2n) is 6.32. The summed E-state index contributed by atoms with van der Waals surface area (Å²) in [6.45, 7) is 8.87. The molecule has 0 aliphatic carbocycles. The first-order valence-corrected chi connectivity index (χ1v) is 7.34. The Hall–Kier alpha value is -1.50. The number of nitrogens with one attached hydrogen (secondary N) is 1. The number of hydrogen-bond acceptors (Lipinski definition) is 5. The maximum Gasteiger partial charge on any atom is 0.409 e. The lowest BCUT2D eigenvalue weighted by molar-refractivity contribution is 0.0448. The van der Waals surface area contributed by atoms with Gasteiger partial charge in [-0.25, -0.2) is 9.59 Å². The third-order valence-electron chi connectivity index (χ3n) is 3.27. The highest BCUT2D eigenvalue weighted by Crippen LogP contribution is 2.25. The lowest BCUT2D eigenvalue weighted by Crippen LogP contribution is -2.53. The van der Waals surface area contributed by atoms with E-state index in [9.17, 15) is 9.59 Å². The van der Waals surface area contributed by atoms with Crippen LogP contribution in [0.1, 0.15) is 40.5 Å². The molecule has 0 aromatic carbocycles. The highest BCUT2D eigenvalue weighted by Gasteiger charge is 2.42. The Morgan fingerprint density at radius 2 is 2.05 bits per heavy atom. The molecule has 122 valence electrons. The summed E-state index contributed by atoms with van der Waals surface area (Å²) in [4.78, 5) is 25.4. The van der Waals surface area contributed by atoms with Crippen molar-refractivity contribution in [3.8, 4) is 0 Å². The second-order valence-corrected chi connectivity index (χ2v) is 6.32. The Bertz CT molecular complexity index is 381. The van der Waals surface area contributed by atoms with Gasteiger partial charge in [-0.1, -0.05) is 0 Å². The number of likely N-dealkylation sites (tertiary alicyclic amines) is 1. The fourth-order valence-corrected chi connectivity index (χ4v) is 2.41. The third kappa shape index (κ3) is 5.41. The van der Waals surface area contributed by atoms with Crippen molar-refractivity contribution in [3.05, 3.63) is 0 Å². The molecule has 1 aliphatic heterocycles. The molecule has 0 spiro atoms. The normalized spacial score (nSPS) is 22.0. The smallest absolute Gasteiger partial charge is 0.409 e. The molecule has 1 unspecified atom stereocenters. The minimum absolute atomic E-state index is 0.332. The predicted octanol–water partition coefficient (Wildman–Crippen LogP) is 1.46. The van der Waals surface area contributed by atoms with E-state index in [0.29, 0.717) is 39.1 Å². The molecular formula is C14H27N3O4. The number of carbonyl (C=O) groups excluding carboxylic acids is 2. The average Bonchev–Trinajstić information content (AvgIpc) is 2.71. The number of ether oxygens (including phenoxy) is 2. The van der Waals surface area contributed by atoms with Gasteiger partial charge in [-0.2, -0.15) is 0 Å². The van der Waals surface area contributed by atoms with Gasteiger partial charge in [0.2, 0.25) is 0 Å². The summed E-state index contributed by atoms with van der Waals surface area (Å²) in [6.07, 6.45) is 0.383. The molecule has 1 atom stereocenters. The van der Waals surface area contributed by atoms with Crippen LogP contribution in [0.3, 0.4) is 0 Å². The zero-order chi connectivity index (χ0) is 16.1. The minimum Gasteiger partial charge on any atom is -0.450 e. The predicted molar refractivity (Wildman–Crippen MR) is 79.0 cm³/mol. The van der Waals surface area contributed by atoms with Gasteiger partial charge in [-0.05, 0) is 47.1 Å². The summed E-state index contributed by atoms with van der Waals surface area (Å²) in [6, 6.07) is 0. The first-order valence-electron chi connectivity index (χ1n) is 7.34. The zero-order valence-corrected chi connectivity index (χ0v) is 13.4. The number of hydrogen-bond donors (Lipinski definition) is 2. The van der Waals surface area contributed by atoms with Crippen LogP contribution in [0.15, 0.2) is 0 Å². The molecule has 0 bridgehead atoms. The van der Waals surface area contributed by atoms with Gasteiger partial charge in [0.05, 0.1) is 12.1 Å². The van der Waals surface area contributed by atoms with E-state index in [0.717, 1.165) is 0 Å². The lowest BCUT2D eigenvalue weighted by Gasteiger charge is -2.31. The van der Waals surface area contributed by atoms with Crippen LogP contribution in [0.5, 0.6) is 0 Å². The van der Waals surface area contributed by atoms with Gasteiger partial charge < -0.3 is 25.4 Å². The third-order valence-corrected chi connectivity index (χ3v) is 3.27. The Morgan fingerprint density at radius 3 is 2.57 bits per heavy atom. The number of amides is 2. The van der Waals surface area contributed by atoms with Gasteiger partial charge in [0.25, 0.3) is 0 Å². The minimum atomic E-state index is -0.562. The second kappa shape index (κ2) is 6.98. The maximum absolute atomic E-state index is 12.0. The highest BCUT2D eigenvalue weighted by molar-refractivity contribution is 5.71. The van der Waals surface area contributed by atoms with Gasteiger partial charge >= 0.3 is 12.2 Å². The number of alkyl carbamates (subject to hydrolysis) is 1. The van der Waals surface area contributed by atoms with Crippen LogP contribution in [0.2, 0.25) is 0 Å². The van der Waals surface area contributed by atoms with Crippen LogP contribution < -0.4 is 11.1 Å². The summed E-state index contributed by atoms with van der Waals surface area (Å²) in [7, 11) is 0. The van der Waals surface area contributed by atoms with Crippen LogP contribution in [0.25, 0.3) is 0 Å². The Labute approximate surface area is 126 Å². The van der Waals surface area contributed by atoms with E-state index in [1.165, 1.54) is 0 Å². The van der Waals surface area contributed by atoms with E-state index < -0.39 is 17.2 Å². The SMILES string of the molecule is CCOC(=O)N1CCC(CCN)(NC(=O)OC(C)(C)C)C1. The van der Waals surface area contributed by atoms with E-state index in [-0.39, 0.29) is 6.09 Å². The van der Waals surface area contributed by atoms with Crippen molar-refractivity contribution in [3.63, 3.8) is 0 Å². The molecule has 7 heteroatoms. The largest absolute Gasteiger partial charge is 0.450 e. The van der Waals surface area contributed by atoms with Gasteiger partial charge in [0, 0.05) is 13.1 Å². The van der Waals surface area contributed by atoms with E-state index in [1.807, 2.05) is 20.8 Å². The van der Waals surface area contributed by atoms with Gasteiger partial charge in [0.1, 0.15) is 5.60 Å². The van der Waals surface area contributed by atoms with Crippen LogP contribution >= 0.6 is 0 Å². The monoisotopic (exact) mass is 301 g/mol. The van der Waals surface area contributed by atoms with E-state index in [4.69, 9.17) is 15.2 Å². The molecule has 7 nitrogen and oxygen atoms in total. The van der Waals surface area contributed by atoms with Crippen molar-refractivity contribution in [2.24, 2.45) is 5.73 Å². The number of rotatable bonds is 4. The molecule has 1 fully saturated rings. The Morgan fingerprint density at radius 1 is 1.38 bits per heavy atom. The van der Waals surface area contributed by atoms with E-state index in [1.54, 1.807) is 11.8 Å². The van der Waals surface area contributed by atoms with Crippen molar-refractivity contribution in [2.75, 3.05) is 26.2 Å². The first-order chi connectivity index (χ1) is 9.71. The summed E-state index contributed by atoms with van der Waals surface area (Å²) < 4.78 is 10.3. The molecule has 1 saturated heterocycles. The van der Waals surface area contributed by atoms with Crippen LogP contribution in [0, 0.1) is 0 Å². The molecule has 21 heavy (non-hydrogen) atoms. The van der Waals surface area contributed by atoms with E-state index in [2.05, 4.69) is 5.32 Å². The molecule has 0 aromatic rings. The summed E-state index contributed by atoms with van der Waals surface area (Å²) >= 11 is 0. The zero-order valence-electron chi connectivity index (χ0n) is 13.4. The van der Waals surface area contributed by atoms with Crippen molar-refractivity contribution >= 4 is 12.2 Å². The molecule has 2 amide bonds. The molecule has 1 rings (SSSR count). The number of nitrogens with zero attached hydrogens (tertiary/aromatic N) is 1. The average molecular weight is 301 g/mol. The quantitative estimate of drug-likeness (QED) is 0.820. The standard InChI is InChI=1S/C14H27N3O4/c1-5-20-12(19)17-9-7-14(10-17,6-8-15)16-11(18)21-13(2,3)4/h5-10,15H2,1-4H3,(H,16,18). The Balaban J connectivity index is 2.68. The van der Waals surface area contributed by atoms with Crippen molar-refractivity contribution in [1.29, 1.82) is 0 Å². The Kier molecular flexibility index (Phi) is 5.83. The maximum atomic E-state index is 12.0. The van der Waals surface area contributed by atoms with Crippen LogP contribution in [-0.2, 0) is 9.47 Å². The van der Waals surface area contributed by atoms with Crippen molar-refractivity contribution in [2.45, 2.75) is 51.7 Å². The van der Waals surface area contributed by atoms with Crippen LogP contribution in [0.4, 0.5) is 9.59 Å². The molecule has 1 heterocycles. The van der Waals surface area contributed by atoms with Crippen molar-refractivity contribution < 1.29 is 19.1 Å². The van der Waals surface area contributed by atoms with Crippen LogP contribution in [-0.4, -0.2) is 54.5 Å². The fraction of sp³-hybridized carbons (Fsp3) is 0.857. The van der Waals surface area contributed by atoms with Gasteiger partial charge in [-0.15, -0.1) is 0 Å². The van der Waals surface area contributed by atoms with Crippen molar-refractivity contribution in [1.82, 2.24) is 10.2 Å². The summed E-state index contributed by atoms with van der Waals surface area (Å²) in [5.74, 6) is 0. The lowest BCUT2D eigenvalue weighted by atomic mass is 9.94.